The van der Waals surface area contributed by atoms with Crippen LogP contribution in [-0.4, -0.2) is 25.5 Å². The number of ether oxygens (including phenoxy) is 1. The van der Waals surface area contributed by atoms with Crippen molar-refractivity contribution in [1.29, 1.82) is 0 Å². The molecule has 0 saturated heterocycles. The molecule has 0 aromatic rings. The molecule has 1 rings (SSSR count). The fourth-order valence-corrected chi connectivity index (χ4v) is 1.62. The molecule has 0 heterocycles. The number of allylic oxidation sites excluding steroid dienone is 1. The molecule has 1 aliphatic rings. The zero-order valence-corrected chi connectivity index (χ0v) is 9.04. The predicted molar refractivity (Wildman–Crippen MR) is 56.2 cm³/mol. The topological polar surface area (TPSA) is 55.4 Å². The molecule has 1 fully saturated rings. The third-order valence-corrected chi connectivity index (χ3v) is 2.47. The number of carbonyl (C=O) groups is 2. The first kappa shape index (κ1) is 11.8. The fraction of sp³-hybridized carbons (Fsp3) is 0.636. The zero-order chi connectivity index (χ0) is 11.1. The van der Waals surface area contributed by atoms with Gasteiger partial charge in [0.25, 0.3) is 0 Å². The SMILES string of the molecule is COC(=O)CNC(=O)C=C1CCCCC1. The molecule has 4 heteroatoms. The van der Waals surface area contributed by atoms with E-state index in [0.29, 0.717) is 0 Å². The van der Waals surface area contributed by atoms with Crippen molar-refractivity contribution in [1.82, 2.24) is 5.32 Å². The van der Waals surface area contributed by atoms with E-state index in [1.165, 1.54) is 19.1 Å². The smallest absolute Gasteiger partial charge is 0.325 e. The first-order valence-electron chi connectivity index (χ1n) is 5.26. The van der Waals surface area contributed by atoms with Crippen LogP contribution in [0, 0.1) is 0 Å². The number of hydrogen-bond donors (Lipinski definition) is 1. The van der Waals surface area contributed by atoms with E-state index in [1.807, 2.05) is 0 Å². The molecule has 0 bridgehead atoms. The summed E-state index contributed by atoms with van der Waals surface area (Å²) in [6.07, 6.45) is 7.20. The van der Waals surface area contributed by atoms with Crippen LogP contribution in [-0.2, 0) is 14.3 Å². The van der Waals surface area contributed by atoms with Gasteiger partial charge in [-0.2, -0.15) is 0 Å². The van der Waals surface area contributed by atoms with E-state index in [2.05, 4.69) is 10.1 Å². The molecule has 84 valence electrons. The van der Waals surface area contributed by atoms with Crippen LogP contribution in [0.15, 0.2) is 11.6 Å². The normalized spacial score (nSPS) is 15.7. The highest BCUT2D eigenvalue weighted by atomic mass is 16.5. The van der Waals surface area contributed by atoms with E-state index in [9.17, 15) is 9.59 Å². The molecule has 1 N–H and O–H groups in total. The Labute approximate surface area is 89.7 Å². The van der Waals surface area contributed by atoms with Crippen molar-refractivity contribution in [2.24, 2.45) is 0 Å². The van der Waals surface area contributed by atoms with Gasteiger partial charge >= 0.3 is 5.97 Å². The minimum Gasteiger partial charge on any atom is -0.468 e. The number of rotatable bonds is 3. The summed E-state index contributed by atoms with van der Waals surface area (Å²) in [5.74, 6) is -0.623. The molecule has 0 aromatic heterocycles. The summed E-state index contributed by atoms with van der Waals surface area (Å²) in [5.41, 5.74) is 1.18. The zero-order valence-electron chi connectivity index (χ0n) is 9.04. The van der Waals surface area contributed by atoms with Crippen LogP contribution in [0.4, 0.5) is 0 Å². The predicted octanol–water partition coefficient (Wildman–Crippen LogP) is 1.17. The maximum Gasteiger partial charge on any atom is 0.325 e. The molecular formula is C11H17NO3. The number of methoxy groups -OCH3 is 1. The van der Waals surface area contributed by atoms with Crippen LogP contribution in [0.5, 0.6) is 0 Å². The van der Waals surface area contributed by atoms with Gasteiger partial charge in [0.1, 0.15) is 6.54 Å². The number of carbonyl (C=O) groups excluding carboxylic acids is 2. The van der Waals surface area contributed by atoms with Crippen LogP contribution in [0.2, 0.25) is 0 Å². The van der Waals surface area contributed by atoms with Crippen LogP contribution in [0.25, 0.3) is 0 Å². The molecule has 4 nitrogen and oxygen atoms in total. The molecule has 0 atom stereocenters. The Morgan fingerprint density at radius 2 is 2.00 bits per heavy atom. The van der Waals surface area contributed by atoms with Crippen LogP contribution in [0.3, 0.4) is 0 Å². The lowest BCUT2D eigenvalue weighted by molar-refractivity contribution is -0.140. The second kappa shape index (κ2) is 6.22. The standard InChI is InChI=1S/C11H17NO3/c1-15-11(14)8-12-10(13)7-9-5-3-2-4-6-9/h7H,2-6,8H2,1H3,(H,12,13). The average molecular weight is 211 g/mol. The van der Waals surface area contributed by atoms with Crippen molar-refractivity contribution >= 4 is 11.9 Å². The number of amides is 1. The second-order valence-electron chi connectivity index (χ2n) is 3.66. The van der Waals surface area contributed by atoms with Gasteiger partial charge in [0.05, 0.1) is 7.11 Å². The van der Waals surface area contributed by atoms with E-state index in [0.717, 1.165) is 25.7 Å². The first-order valence-corrected chi connectivity index (χ1v) is 5.26. The maximum absolute atomic E-state index is 11.3. The number of esters is 1. The quantitative estimate of drug-likeness (QED) is 0.563. The molecule has 15 heavy (non-hydrogen) atoms. The van der Waals surface area contributed by atoms with E-state index >= 15 is 0 Å². The van der Waals surface area contributed by atoms with Gasteiger partial charge in [-0.05, 0) is 25.7 Å². The summed E-state index contributed by atoms with van der Waals surface area (Å²) in [6, 6.07) is 0. The van der Waals surface area contributed by atoms with Crippen molar-refractivity contribution in [3.63, 3.8) is 0 Å². The highest BCUT2D eigenvalue weighted by Gasteiger charge is 2.08. The van der Waals surface area contributed by atoms with Gasteiger partial charge in [-0.25, -0.2) is 0 Å². The van der Waals surface area contributed by atoms with E-state index in [4.69, 9.17) is 0 Å². The van der Waals surface area contributed by atoms with Gasteiger partial charge in [0, 0.05) is 6.08 Å². The van der Waals surface area contributed by atoms with Crippen LogP contribution >= 0.6 is 0 Å². The largest absolute Gasteiger partial charge is 0.468 e. The molecule has 0 aromatic carbocycles. The Morgan fingerprint density at radius 1 is 1.33 bits per heavy atom. The minimum absolute atomic E-state index is 0.0564. The molecule has 0 aliphatic heterocycles. The molecule has 1 amide bonds. The van der Waals surface area contributed by atoms with Crippen molar-refractivity contribution in [2.45, 2.75) is 32.1 Å². The average Bonchev–Trinajstić information content (AvgIpc) is 2.27. The molecule has 0 radical (unpaired) electrons. The molecule has 0 unspecified atom stereocenters. The van der Waals surface area contributed by atoms with Crippen molar-refractivity contribution in [2.75, 3.05) is 13.7 Å². The van der Waals surface area contributed by atoms with E-state index < -0.39 is 5.97 Å². The Morgan fingerprint density at radius 3 is 2.60 bits per heavy atom. The molecule has 1 saturated carbocycles. The van der Waals surface area contributed by atoms with Crippen molar-refractivity contribution < 1.29 is 14.3 Å². The van der Waals surface area contributed by atoms with Crippen LogP contribution in [0.1, 0.15) is 32.1 Å². The summed E-state index contributed by atoms with van der Waals surface area (Å²) in [4.78, 5) is 22.1. The Bertz CT molecular complexity index is 263. The van der Waals surface area contributed by atoms with Gasteiger partial charge in [0.15, 0.2) is 0 Å². The molecular weight excluding hydrogens is 194 g/mol. The highest BCUT2D eigenvalue weighted by Crippen LogP contribution is 2.22. The van der Waals surface area contributed by atoms with Crippen LogP contribution < -0.4 is 5.32 Å². The van der Waals surface area contributed by atoms with Gasteiger partial charge in [-0.3, -0.25) is 9.59 Å². The summed E-state index contributed by atoms with van der Waals surface area (Å²) < 4.78 is 4.42. The molecule has 1 aliphatic carbocycles. The summed E-state index contributed by atoms with van der Waals surface area (Å²) in [7, 11) is 1.30. The fourth-order valence-electron chi connectivity index (χ4n) is 1.62. The first-order chi connectivity index (χ1) is 7.22. The van der Waals surface area contributed by atoms with Gasteiger partial charge < -0.3 is 10.1 Å². The van der Waals surface area contributed by atoms with E-state index in [1.54, 1.807) is 6.08 Å². The van der Waals surface area contributed by atoms with E-state index in [-0.39, 0.29) is 12.5 Å². The van der Waals surface area contributed by atoms with Gasteiger partial charge in [0.2, 0.25) is 5.91 Å². The minimum atomic E-state index is -0.426. The third kappa shape index (κ3) is 4.63. The second-order valence-corrected chi connectivity index (χ2v) is 3.66. The maximum atomic E-state index is 11.3. The number of nitrogens with one attached hydrogen (secondary N) is 1. The molecule has 0 spiro atoms. The lowest BCUT2D eigenvalue weighted by atomic mass is 9.95. The monoisotopic (exact) mass is 211 g/mol. The Hall–Kier alpha value is -1.32. The highest BCUT2D eigenvalue weighted by molar-refractivity contribution is 5.90. The Kier molecular flexibility index (Phi) is 4.87. The van der Waals surface area contributed by atoms with Gasteiger partial charge in [-0.15, -0.1) is 0 Å². The van der Waals surface area contributed by atoms with Crippen molar-refractivity contribution in [3.8, 4) is 0 Å². The van der Waals surface area contributed by atoms with Crippen molar-refractivity contribution in [3.05, 3.63) is 11.6 Å². The summed E-state index contributed by atoms with van der Waals surface area (Å²) >= 11 is 0. The summed E-state index contributed by atoms with van der Waals surface area (Å²) in [5, 5.41) is 2.49. The Balaban J connectivity index is 2.30. The number of hydrogen-bond acceptors (Lipinski definition) is 3. The van der Waals surface area contributed by atoms with Gasteiger partial charge in [-0.1, -0.05) is 12.0 Å². The third-order valence-electron chi connectivity index (χ3n) is 2.47. The lowest BCUT2D eigenvalue weighted by Crippen LogP contribution is -2.29. The summed E-state index contributed by atoms with van der Waals surface area (Å²) in [6.45, 7) is -0.0564. The lowest BCUT2D eigenvalue weighted by Gasteiger charge is -2.12.